The molecular formula is C29H62O6. The summed E-state index contributed by atoms with van der Waals surface area (Å²) >= 11 is 0. The molecular weight excluding hydrogens is 444 g/mol. The Morgan fingerprint density at radius 1 is 0.514 bits per heavy atom. The molecule has 0 rings (SSSR count). The van der Waals surface area contributed by atoms with Crippen molar-refractivity contribution < 1.29 is 30.3 Å². The summed E-state index contributed by atoms with van der Waals surface area (Å²) in [5.41, 5.74) is 0. The fourth-order valence-corrected chi connectivity index (χ4v) is 4.07. The van der Waals surface area contributed by atoms with Crippen LogP contribution in [0, 0.1) is 5.92 Å². The van der Waals surface area contributed by atoms with Gasteiger partial charge in [0.1, 0.15) is 6.10 Å². The van der Waals surface area contributed by atoms with Crippen LogP contribution in [0.25, 0.3) is 0 Å². The van der Waals surface area contributed by atoms with E-state index in [4.69, 9.17) is 25.2 Å². The van der Waals surface area contributed by atoms with Gasteiger partial charge in [0.05, 0.1) is 19.3 Å². The predicted octanol–water partition coefficient (Wildman–Crippen LogP) is 5.76. The zero-order chi connectivity index (χ0) is 26.4. The molecule has 5 N–H and O–H groups in total. The summed E-state index contributed by atoms with van der Waals surface area (Å²) < 4.78 is 5.88. The lowest BCUT2D eigenvalue weighted by molar-refractivity contribution is -0.0350. The maximum Gasteiger partial charge on any atom is 0.100 e. The Labute approximate surface area is 217 Å². The molecule has 6 heteroatoms. The van der Waals surface area contributed by atoms with Crippen molar-refractivity contribution in [3.05, 3.63) is 0 Å². The van der Waals surface area contributed by atoms with E-state index in [0.29, 0.717) is 12.8 Å². The molecule has 35 heavy (non-hydrogen) atoms. The zero-order valence-electron chi connectivity index (χ0n) is 23.3. The summed E-state index contributed by atoms with van der Waals surface area (Å²) in [7, 11) is 0. The van der Waals surface area contributed by atoms with Crippen molar-refractivity contribution in [2.75, 3.05) is 33.0 Å². The molecule has 0 saturated heterocycles. The van der Waals surface area contributed by atoms with Crippen LogP contribution in [0.4, 0.5) is 0 Å². The minimum atomic E-state index is -0.731. The highest BCUT2D eigenvalue weighted by Gasteiger charge is 2.12. The smallest absolute Gasteiger partial charge is 0.100 e. The van der Waals surface area contributed by atoms with Crippen LogP contribution in [-0.4, -0.2) is 70.8 Å². The fourth-order valence-electron chi connectivity index (χ4n) is 4.07. The Morgan fingerprint density at radius 3 is 1.31 bits per heavy atom. The number of rotatable bonds is 26. The van der Waals surface area contributed by atoms with Crippen molar-refractivity contribution in [1.29, 1.82) is 0 Å². The molecule has 0 aliphatic heterocycles. The molecule has 0 saturated carbocycles. The Kier molecular flexibility index (Phi) is 33.5. The fraction of sp³-hybridized carbons (Fsp3) is 1.00. The van der Waals surface area contributed by atoms with E-state index in [1.165, 1.54) is 96.3 Å². The van der Waals surface area contributed by atoms with Gasteiger partial charge in [0.2, 0.25) is 0 Å². The van der Waals surface area contributed by atoms with Gasteiger partial charge in [-0.1, -0.05) is 110 Å². The van der Waals surface area contributed by atoms with Crippen LogP contribution in [0.1, 0.15) is 136 Å². The van der Waals surface area contributed by atoms with Crippen molar-refractivity contribution in [3.63, 3.8) is 0 Å². The Balaban J connectivity index is 0. The summed E-state index contributed by atoms with van der Waals surface area (Å²) in [6, 6.07) is 0. The van der Waals surface area contributed by atoms with Gasteiger partial charge in [0.15, 0.2) is 0 Å². The molecule has 0 fully saturated rings. The van der Waals surface area contributed by atoms with Gasteiger partial charge < -0.3 is 30.3 Å². The van der Waals surface area contributed by atoms with Gasteiger partial charge in [0, 0.05) is 25.7 Å². The second-order valence-electron chi connectivity index (χ2n) is 10.1. The summed E-state index contributed by atoms with van der Waals surface area (Å²) in [5.74, 6) is -0.0443. The molecule has 6 nitrogen and oxygen atoms in total. The Morgan fingerprint density at radius 2 is 0.943 bits per heavy atom. The third-order valence-corrected chi connectivity index (χ3v) is 6.53. The van der Waals surface area contributed by atoms with Crippen LogP contribution in [0.15, 0.2) is 0 Å². The van der Waals surface area contributed by atoms with Gasteiger partial charge >= 0.3 is 0 Å². The highest BCUT2D eigenvalue weighted by Crippen LogP contribution is 2.17. The van der Waals surface area contributed by atoms with Crippen molar-refractivity contribution in [2.24, 2.45) is 5.92 Å². The van der Waals surface area contributed by atoms with Gasteiger partial charge in [-0.15, -0.1) is 0 Å². The maximum atomic E-state index is 9.53. The van der Waals surface area contributed by atoms with E-state index in [1.807, 2.05) is 0 Å². The summed E-state index contributed by atoms with van der Waals surface area (Å²) in [6.07, 6.45) is 23.1. The van der Waals surface area contributed by atoms with E-state index in [1.54, 1.807) is 0 Å². The SMILES string of the molecule is CCCCCCCCCCCC(CCCCCCCC)OCC(O)CO.OCCCC(CO)CO. The first-order chi connectivity index (χ1) is 17.1. The van der Waals surface area contributed by atoms with E-state index in [2.05, 4.69) is 13.8 Å². The number of unbranched alkanes of at least 4 members (excludes halogenated alkanes) is 13. The number of hydrogen-bond donors (Lipinski definition) is 5. The molecule has 0 aromatic rings. The molecule has 0 radical (unpaired) electrons. The maximum absolute atomic E-state index is 9.53. The number of ether oxygens (including phenoxy) is 1. The third kappa shape index (κ3) is 29.9. The van der Waals surface area contributed by atoms with E-state index in [0.717, 1.165) is 12.8 Å². The molecule has 0 amide bonds. The van der Waals surface area contributed by atoms with Crippen molar-refractivity contribution >= 4 is 0 Å². The Bertz CT molecular complexity index is 365. The van der Waals surface area contributed by atoms with Crippen LogP contribution >= 0.6 is 0 Å². The van der Waals surface area contributed by atoms with Crippen LogP contribution in [0.5, 0.6) is 0 Å². The molecule has 0 aliphatic rings. The van der Waals surface area contributed by atoms with Crippen LogP contribution in [0.3, 0.4) is 0 Å². The monoisotopic (exact) mass is 506 g/mol. The van der Waals surface area contributed by atoms with Crippen molar-refractivity contribution in [1.82, 2.24) is 0 Å². The van der Waals surface area contributed by atoms with Gasteiger partial charge in [-0.3, -0.25) is 0 Å². The zero-order valence-corrected chi connectivity index (χ0v) is 23.3. The molecule has 0 spiro atoms. The molecule has 0 bridgehead atoms. The average molecular weight is 507 g/mol. The Hall–Kier alpha value is -0.240. The van der Waals surface area contributed by atoms with E-state index >= 15 is 0 Å². The molecule has 0 heterocycles. The summed E-state index contributed by atoms with van der Waals surface area (Å²) in [6.45, 7) is 4.74. The third-order valence-electron chi connectivity index (χ3n) is 6.53. The number of hydrogen-bond acceptors (Lipinski definition) is 6. The van der Waals surface area contributed by atoms with Crippen molar-refractivity contribution in [2.45, 2.75) is 148 Å². The first-order valence-electron chi connectivity index (χ1n) is 14.8. The number of aliphatic hydroxyl groups excluding tert-OH is 5. The quantitative estimate of drug-likeness (QED) is 0.0955. The van der Waals surface area contributed by atoms with E-state index in [9.17, 15) is 5.11 Å². The average Bonchev–Trinajstić information content (AvgIpc) is 2.88. The van der Waals surface area contributed by atoms with Crippen LogP contribution in [-0.2, 0) is 4.74 Å². The van der Waals surface area contributed by atoms with Gasteiger partial charge in [-0.25, -0.2) is 0 Å². The molecule has 0 aliphatic carbocycles. The van der Waals surface area contributed by atoms with Gasteiger partial charge in [-0.2, -0.15) is 0 Å². The predicted molar refractivity (Wildman–Crippen MR) is 147 cm³/mol. The highest BCUT2D eigenvalue weighted by atomic mass is 16.5. The van der Waals surface area contributed by atoms with Crippen LogP contribution in [0.2, 0.25) is 0 Å². The first kappa shape index (κ1) is 36.9. The lowest BCUT2D eigenvalue weighted by Crippen LogP contribution is -2.24. The van der Waals surface area contributed by atoms with Gasteiger partial charge in [-0.05, 0) is 25.7 Å². The standard InChI is InChI=1S/C23H48O3.C6H14O3/c1-3-5-7-9-11-12-13-15-17-19-23(26-21-22(25)20-24)18-16-14-10-8-6-4-2;7-3-1-2-6(4-8)5-9/h22-25H,3-21H2,1-2H3;6-9H,1-5H2. The molecule has 2 unspecified atom stereocenters. The molecule has 0 aromatic carbocycles. The minimum Gasteiger partial charge on any atom is -0.396 e. The topological polar surface area (TPSA) is 110 Å². The second kappa shape index (κ2) is 31.8. The molecule has 0 aromatic heterocycles. The van der Waals surface area contributed by atoms with E-state index < -0.39 is 6.10 Å². The lowest BCUT2D eigenvalue weighted by Gasteiger charge is -2.19. The summed E-state index contributed by atoms with van der Waals surface area (Å²) in [4.78, 5) is 0. The summed E-state index contributed by atoms with van der Waals surface area (Å²) in [5, 5.41) is 43.9. The molecule has 2 atom stereocenters. The highest BCUT2D eigenvalue weighted by molar-refractivity contribution is 4.62. The van der Waals surface area contributed by atoms with Crippen molar-refractivity contribution in [3.8, 4) is 0 Å². The second-order valence-corrected chi connectivity index (χ2v) is 10.1. The largest absolute Gasteiger partial charge is 0.396 e. The minimum absolute atomic E-state index is 0.0104. The number of aliphatic hydroxyl groups is 5. The normalized spacial score (nSPS) is 13.0. The molecule has 214 valence electrons. The van der Waals surface area contributed by atoms with Gasteiger partial charge in [0.25, 0.3) is 0 Å². The van der Waals surface area contributed by atoms with E-state index in [-0.39, 0.29) is 45.1 Å². The first-order valence-corrected chi connectivity index (χ1v) is 14.8. The lowest BCUT2D eigenvalue weighted by atomic mass is 10.0. The van der Waals surface area contributed by atoms with Crippen LogP contribution < -0.4 is 0 Å².